The van der Waals surface area contributed by atoms with E-state index in [9.17, 15) is 15.4 Å². The number of benzene rings is 3. The largest absolute Gasteiger partial charge is 0.359 e. The highest BCUT2D eigenvalue weighted by Gasteiger charge is 2.23. The third-order valence-electron chi connectivity index (χ3n) is 5.69. The van der Waals surface area contributed by atoms with Crippen LogP contribution in [0.25, 0.3) is 16.5 Å². The van der Waals surface area contributed by atoms with Gasteiger partial charge < -0.3 is 9.80 Å². The Kier molecular flexibility index (Phi) is 5.73. The summed E-state index contributed by atoms with van der Waals surface area (Å²) < 4.78 is 0. The predicted molar refractivity (Wildman–Crippen MR) is 117 cm³/mol. The molecule has 4 rings (SSSR count). The Morgan fingerprint density at radius 2 is 1.83 bits per heavy atom. The molecule has 1 saturated heterocycles. The van der Waals surface area contributed by atoms with Crippen molar-refractivity contribution in [3.05, 3.63) is 94.0 Å². The van der Waals surface area contributed by atoms with Crippen molar-refractivity contribution in [3.63, 3.8) is 0 Å². The maximum absolute atomic E-state index is 11.1. The Bertz CT molecular complexity index is 1140. The quantitative estimate of drug-likeness (QED) is 0.407. The van der Waals surface area contributed by atoms with Crippen LogP contribution in [0.2, 0.25) is 0 Å². The number of nitriles is 1. The van der Waals surface area contributed by atoms with Crippen LogP contribution in [0.4, 0.5) is 5.69 Å². The molecule has 3 aromatic carbocycles. The Labute approximate surface area is 175 Å². The number of fused-ring (bicyclic) bond motifs is 1. The average Bonchev–Trinajstić information content (AvgIpc) is 2.78. The molecule has 0 spiro atoms. The first kappa shape index (κ1) is 19.6. The SMILES string of the molecule is N#C/C=C(\c1cccc([N+](=O)[O-])c1)N1CC[NH+](Cc2cccc3ccccc23)CC1. The molecular weight excluding hydrogens is 376 g/mol. The van der Waals surface area contributed by atoms with Crippen LogP contribution in [-0.4, -0.2) is 36.0 Å². The number of hydrogen-bond donors (Lipinski definition) is 1. The molecule has 1 aliphatic heterocycles. The van der Waals surface area contributed by atoms with E-state index in [2.05, 4.69) is 53.4 Å². The van der Waals surface area contributed by atoms with E-state index in [1.165, 1.54) is 33.4 Å². The van der Waals surface area contributed by atoms with Crippen molar-refractivity contribution < 1.29 is 9.82 Å². The Morgan fingerprint density at radius 1 is 1.10 bits per heavy atom. The van der Waals surface area contributed by atoms with Crippen molar-refractivity contribution in [3.8, 4) is 6.07 Å². The molecular formula is C24H23N4O2+. The molecule has 0 radical (unpaired) electrons. The van der Waals surface area contributed by atoms with Gasteiger partial charge in [0, 0.05) is 29.3 Å². The molecule has 0 saturated carbocycles. The van der Waals surface area contributed by atoms with Gasteiger partial charge in [-0.2, -0.15) is 5.26 Å². The zero-order valence-corrected chi connectivity index (χ0v) is 16.6. The first-order valence-electron chi connectivity index (χ1n) is 10.1. The van der Waals surface area contributed by atoms with Crippen molar-refractivity contribution in [1.82, 2.24) is 4.90 Å². The summed E-state index contributed by atoms with van der Waals surface area (Å²) in [6.07, 6.45) is 1.49. The number of quaternary nitrogens is 1. The minimum absolute atomic E-state index is 0.0385. The van der Waals surface area contributed by atoms with Crippen LogP contribution in [-0.2, 0) is 6.54 Å². The fraction of sp³-hybridized carbons (Fsp3) is 0.208. The number of nitrogens with zero attached hydrogens (tertiary/aromatic N) is 3. The van der Waals surface area contributed by atoms with Crippen LogP contribution in [0.1, 0.15) is 11.1 Å². The molecule has 0 amide bonds. The first-order valence-corrected chi connectivity index (χ1v) is 10.1. The molecule has 0 atom stereocenters. The second-order valence-corrected chi connectivity index (χ2v) is 7.52. The number of nitro benzene ring substituents is 1. The van der Waals surface area contributed by atoms with E-state index < -0.39 is 4.92 Å². The summed E-state index contributed by atoms with van der Waals surface area (Å²) >= 11 is 0. The highest BCUT2D eigenvalue weighted by molar-refractivity contribution is 5.85. The lowest BCUT2D eigenvalue weighted by molar-refractivity contribution is -0.917. The Hall–Kier alpha value is -3.69. The third-order valence-corrected chi connectivity index (χ3v) is 5.69. The first-order chi connectivity index (χ1) is 14.7. The second-order valence-electron chi connectivity index (χ2n) is 7.52. The number of allylic oxidation sites excluding steroid dienone is 1. The number of rotatable bonds is 5. The van der Waals surface area contributed by atoms with Crippen LogP contribution < -0.4 is 4.90 Å². The van der Waals surface area contributed by atoms with Crippen LogP contribution in [0.5, 0.6) is 0 Å². The van der Waals surface area contributed by atoms with E-state index >= 15 is 0 Å². The van der Waals surface area contributed by atoms with Gasteiger partial charge in [-0.3, -0.25) is 10.1 Å². The molecule has 6 nitrogen and oxygen atoms in total. The zero-order valence-electron chi connectivity index (χ0n) is 16.6. The van der Waals surface area contributed by atoms with Crippen LogP contribution in [0, 0.1) is 21.4 Å². The minimum Gasteiger partial charge on any atom is -0.359 e. The molecule has 30 heavy (non-hydrogen) atoms. The normalized spacial score (nSPS) is 15.2. The van der Waals surface area contributed by atoms with E-state index in [0.29, 0.717) is 5.56 Å². The van der Waals surface area contributed by atoms with E-state index in [1.807, 2.05) is 6.07 Å². The number of nitrogens with one attached hydrogen (secondary N) is 1. The van der Waals surface area contributed by atoms with E-state index in [1.54, 1.807) is 12.1 Å². The van der Waals surface area contributed by atoms with Gasteiger partial charge in [0.1, 0.15) is 6.54 Å². The molecule has 6 heteroatoms. The van der Waals surface area contributed by atoms with Crippen LogP contribution in [0.3, 0.4) is 0 Å². The third kappa shape index (κ3) is 4.17. The van der Waals surface area contributed by atoms with Crippen LogP contribution in [0.15, 0.2) is 72.8 Å². The fourth-order valence-electron chi connectivity index (χ4n) is 4.15. The van der Waals surface area contributed by atoms with Crippen molar-refractivity contribution in [2.24, 2.45) is 0 Å². The highest BCUT2D eigenvalue weighted by atomic mass is 16.6. The van der Waals surface area contributed by atoms with Gasteiger partial charge in [-0.15, -0.1) is 0 Å². The summed E-state index contributed by atoms with van der Waals surface area (Å²) in [6.45, 7) is 4.46. The molecule has 0 aromatic heterocycles. The lowest BCUT2D eigenvalue weighted by Gasteiger charge is -2.35. The van der Waals surface area contributed by atoms with Gasteiger partial charge in [0.2, 0.25) is 0 Å². The topological polar surface area (TPSA) is 74.6 Å². The second kappa shape index (κ2) is 8.76. The lowest BCUT2D eigenvalue weighted by atomic mass is 10.0. The molecule has 0 unspecified atom stereocenters. The maximum atomic E-state index is 11.1. The molecule has 0 bridgehead atoms. The minimum atomic E-state index is -0.403. The standard InChI is InChI=1S/C24H22N4O2/c25-12-11-24(20-7-4-9-22(17-20)28(29)30)27-15-13-26(14-16-27)18-21-8-3-6-19-5-1-2-10-23(19)21/h1-11,17H,13-16,18H2/p+1/b24-11+. The van der Waals surface area contributed by atoms with Crippen molar-refractivity contribution in [1.29, 1.82) is 5.26 Å². The smallest absolute Gasteiger partial charge is 0.270 e. The predicted octanol–water partition coefficient (Wildman–Crippen LogP) is 3.01. The van der Waals surface area contributed by atoms with Gasteiger partial charge in [-0.05, 0) is 10.8 Å². The summed E-state index contributed by atoms with van der Waals surface area (Å²) in [6, 6.07) is 23.5. The number of piperazine rings is 1. The highest BCUT2D eigenvalue weighted by Crippen LogP contribution is 2.23. The molecule has 0 aliphatic carbocycles. The van der Waals surface area contributed by atoms with Gasteiger partial charge in [-0.1, -0.05) is 54.6 Å². The van der Waals surface area contributed by atoms with E-state index in [4.69, 9.17) is 0 Å². The monoisotopic (exact) mass is 399 g/mol. The van der Waals surface area contributed by atoms with Gasteiger partial charge in [0.05, 0.1) is 42.9 Å². The average molecular weight is 399 g/mol. The summed E-state index contributed by atoms with van der Waals surface area (Å²) in [5.74, 6) is 0. The Morgan fingerprint density at radius 3 is 2.60 bits per heavy atom. The fourth-order valence-corrected chi connectivity index (χ4v) is 4.15. The van der Waals surface area contributed by atoms with Crippen molar-refractivity contribution in [2.45, 2.75) is 6.54 Å². The maximum Gasteiger partial charge on any atom is 0.270 e. The molecule has 1 aliphatic rings. The Balaban J connectivity index is 1.48. The molecule has 1 heterocycles. The summed E-state index contributed by atoms with van der Waals surface area (Å²) in [5, 5.41) is 23.0. The molecule has 1 fully saturated rings. The van der Waals surface area contributed by atoms with E-state index in [0.717, 1.165) is 38.4 Å². The van der Waals surface area contributed by atoms with Crippen LogP contribution >= 0.6 is 0 Å². The van der Waals surface area contributed by atoms with Crippen molar-refractivity contribution in [2.75, 3.05) is 26.2 Å². The van der Waals surface area contributed by atoms with Gasteiger partial charge in [0.25, 0.3) is 5.69 Å². The number of nitro groups is 1. The zero-order chi connectivity index (χ0) is 20.9. The molecule has 3 aromatic rings. The number of hydrogen-bond acceptors (Lipinski definition) is 4. The van der Waals surface area contributed by atoms with Gasteiger partial charge in [-0.25, -0.2) is 0 Å². The molecule has 1 N–H and O–H groups in total. The summed E-state index contributed by atoms with van der Waals surface area (Å²) in [5.41, 5.74) is 2.85. The number of non-ortho nitro benzene ring substituents is 1. The molecule has 150 valence electrons. The van der Waals surface area contributed by atoms with Crippen molar-refractivity contribution >= 4 is 22.2 Å². The van der Waals surface area contributed by atoms with Gasteiger partial charge >= 0.3 is 0 Å². The van der Waals surface area contributed by atoms with E-state index in [-0.39, 0.29) is 5.69 Å². The van der Waals surface area contributed by atoms with Gasteiger partial charge in [0.15, 0.2) is 0 Å². The summed E-state index contributed by atoms with van der Waals surface area (Å²) in [7, 11) is 0. The lowest BCUT2D eigenvalue weighted by Crippen LogP contribution is -3.13. The summed E-state index contributed by atoms with van der Waals surface area (Å²) in [4.78, 5) is 14.4.